The van der Waals surface area contributed by atoms with Crippen LogP contribution in [0.4, 0.5) is 0 Å². The summed E-state index contributed by atoms with van der Waals surface area (Å²) in [7, 11) is 0. The number of carbonyl (C=O) groups excluding carboxylic acids is 1. The first kappa shape index (κ1) is 14.8. The monoisotopic (exact) mass is 288 g/mol. The van der Waals surface area contributed by atoms with Crippen molar-refractivity contribution in [2.45, 2.75) is 32.9 Å². The van der Waals surface area contributed by atoms with Gasteiger partial charge >= 0.3 is 0 Å². The minimum atomic E-state index is -0.376. The third-order valence-corrected chi connectivity index (χ3v) is 4.12. The van der Waals surface area contributed by atoms with Crippen LogP contribution in [0.5, 0.6) is 0 Å². The van der Waals surface area contributed by atoms with Gasteiger partial charge in [-0.2, -0.15) is 11.3 Å². The SMILES string of the molecule is Cc1cc(C(N)=O)ccc1CNC(C)Cc1ccsc1. The third kappa shape index (κ3) is 3.92. The molecule has 1 aromatic heterocycles. The first-order valence-corrected chi connectivity index (χ1v) is 7.64. The highest BCUT2D eigenvalue weighted by Crippen LogP contribution is 2.12. The van der Waals surface area contributed by atoms with Crippen molar-refractivity contribution in [1.82, 2.24) is 5.32 Å². The number of primary amides is 1. The van der Waals surface area contributed by atoms with Gasteiger partial charge in [-0.05, 0) is 65.9 Å². The first-order chi connectivity index (χ1) is 9.56. The van der Waals surface area contributed by atoms with Crippen LogP contribution in [-0.4, -0.2) is 11.9 Å². The van der Waals surface area contributed by atoms with E-state index in [4.69, 9.17) is 5.73 Å². The lowest BCUT2D eigenvalue weighted by atomic mass is 10.0. The number of nitrogens with one attached hydrogen (secondary N) is 1. The molecule has 0 spiro atoms. The average molecular weight is 288 g/mol. The molecule has 1 aromatic carbocycles. The summed E-state index contributed by atoms with van der Waals surface area (Å²) in [5.41, 5.74) is 9.51. The van der Waals surface area contributed by atoms with E-state index in [0.717, 1.165) is 18.5 Å². The summed E-state index contributed by atoms with van der Waals surface area (Å²) in [5.74, 6) is -0.376. The van der Waals surface area contributed by atoms with Crippen LogP contribution in [-0.2, 0) is 13.0 Å². The fraction of sp³-hybridized carbons (Fsp3) is 0.312. The van der Waals surface area contributed by atoms with Crippen LogP contribution in [0.3, 0.4) is 0 Å². The maximum Gasteiger partial charge on any atom is 0.248 e. The lowest BCUT2D eigenvalue weighted by Gasteiger charge is -2.14. The summed E-state index contributed by atoms with van der Waals surface area (Å²) in [4.78, 5) is 11.1. The molecule has 0 bridgehead atoms. The average Bonchev–Trinajstić information content (AvgIpc) is 2.90. The largest absolute Gasteiger partial charge is 0.366 e. The summed E-state index contributed by atoms with van der Waals surface area (Å²) < 4.78 is 0. The molecule has 20 heavy (non-hydrogen) atoms. The summed E-state index contributed by atoms with van der Waals surface area (Å²) in [6, 6.07) is 8.19. The highest BCUT2D eigenvalue weighted by atomic mass is 32.1. The van der Waals surface area contributed by atoms with Crippen LogP contribution in [0.15, 0.2) is 35.0 Å². The molecule has 3 N–H and O–H groups in total. The Balaban J connectivity index is 1.92. The molecule has 1 heterocycles. The number of rotatable bonds is 6. The number of benzene rings is 1. The minimum absolute atomic E-state index is 0.376. The number of aryl methyl sites for hydroxylation is 1. The predicted molar refractivity (Wildman–Crippen MR) is 84.0 cm³/mol. The summed E-state index contributed by atoms with van der Waals surface area (Å²) >= 11 is 1.73. The number of carbonyl (C=O) groups is 1. The first-order valence-electron chi connectivity index (χ1n) is 6.70. The maximum absolute atomic E-state index is 11.1. The molecule has 4 heteroatoms. The second kappa shape index (κ2) is 6.68. The molecule has 1 unspecified atom stereocenters. The molecule has 2 aromatic rings. The van der Waals surface area contributed by atoms with Crippen LogP contribution >= 0.6 is 11.3 Å². The Hall–Kier alpha value is -1.65. The number of thiophene rings is 1. The number of hydrogen-bond acceptors (Lipinski definition) is 3. The van der Waals surface area contributed by atoms with E-state index >= 15 is 0 Å². The fourth-order valence-corrected chi connectivity index (χ4v) is 2.85. The Morgan fingerprint density at radius 1 is 1.40 bits per heavy atom. The van der Waals surface area contributed by atoms with E-state index in [0.29, 0.717) is 11.6 Å². The van der Waals surface area contributed by atoms with Crippen LogP contribution in [0.25, 0.3) is 0 Å². The van der Waals surface area contributed by atoms with Gasteiger partial charge in [-0.1, -0.05) is 6.07 Å². The highest BCUT2D eigenvalue weighted by molar-refractivity contribution is 7.07. The van der Waals surface area contributed by atoms with E-state index in [2.05, 4.69) is 29.1 Å². The van der Waals surface area contributed by atoms with Gasteiger partial charge in [-0.25, -0.2) is 0 Å². The van der Waals surface area contributed by atoms with Gasteiger partial charge in [0.15, 0.2) is 0 Å². The van der Waals surface area contributed by atoms with Crippen LogP contribution in [0.2, 0.25) is 0 Å². The molecule has 106 valence electrons. The molecule has 0 aliphatic carbocycles. The minimum Gasteiger partial charge on any atom is -0.366 e. The van der Waals surface area contributed by atoms with Crippen molar-refractivity contribution in [3.63, 3.8) is 0 Å². The van der Waals surface area contributed by atoms with Crippen LogP contribution in [0, 0.1) is 6.92 Å². The molecule has 1 atom stereocenters. The molecule has 0 radical (unpaired) electrons. The molecule has 0 fully saturated rings. The molecule has 0 saturated heterocycles. The van der Waals surface area contributed by atoms with Crippen molar-refractivity contribution < 1.29 is 4.79 Å². The lowest BCUT2D eigenvalue weighted by molar-refractivity contribution is 0.1000. The number of hydrogen-bond donors (Lipinski definition) is 2. The van der Waals surface area contributed by atoms with Gasteiger partial charge in [0.25, 0.3) is 0 Å². The zero-order valence-corrected chi connectivity index (χ0v) is 12.7. The van der Waals surface area contributed by atoms with Crippen LogP contribution in [0.1, 0.15) is 34.0 Å². The van der Waals surface area contributed by atoms with E-state index in [1.54, 1.807) is 17.4 Å². The van der Waals surface area contributed by atoms with E-state index < -0.39 is 0 Å². The van der Waals surface area contributed by atoms with Crippen molar-refractivity contribution in [3.8, 4) is 0 Å². The topological polar surface area (TPSA) is 55.1 Å². The zero-order chi connectivity index (χ0) is 14.5. The van der Waals surface area contributed by atoms with Crippen LogP contribution < -0.4 is 11.1 Å². The lowest BCUT2D eigenvalue weighted by Crippen LogP contribution is -2.27. The third-order valence-electron chi connectivity index (χ3n) is 3.39. The van der Waals surface area contributed by atoms with Gasteiger partial charge in [0.2, 0.25) is 5.91 Å². The summed E-state index contributed by atoms with van der Waals surface area (Å²) in [6.45, 7) is 4.99. The standard InChI is InChI=1S/C16H20N2OS/c1-11-7-14(16(17)19)3-4-15(11)9-18-12(2)8-13-5-6-20-10-13/h3-7,10,12,18H,8-9H2,1-2H3,(H2,17,19). The smallest absolute Gasteiger partial charge is 0.248 e. The molecular weight excluding hydrogens is 268 g/mol. The Kier molecular flexibility index (Phi) is 4.93. The Bertz CT molecular complexity index is 578. The highest BCUT2D eigenvalue weighted by Gasteiger charge is 2.07. The van der Waals surface area contributed by atoms with Crippen molar-refractivity contribution in [2.24, 2.45) is 5.73 Å². The van der Waals surface area contributed by atoms with Gasteiger partial charge in [-0.15, -0.1) is 0 Å². The molecule has 0 aliphatic rings. The van der Waals surface area contributed by atoms with E-state index in [9.17, 15) is 4.79 Å². The van der Waals surface area contributed by atoms with E-state index in [-0.39, 0.29) is 5.91 Å². The Morgan fingerprint density at radius 2 is 2.20 bits per heavy atom. The second-order valence-electron chi connectivity index (χ2n) is 5.12. The maximum atomic E-state index is 11.1. The van der Waals surface area contributed by atoms with Gasteiger partial charge in [-0.3, -0.25) is 4.79 Å². The molecule has 1 amide bonds. The van der Waals surface area contributed by atoms with Crippen molar-refractivity contribution in [2.75, 3.05) is 0 Å². The predicted octanol–water partition coefficient (Wildman–Crippen LogP) is 2.88. The Labute approximate surface area is 123 Å². The number of nitrogens with two attached hydrogens (primary N) is 1. The van der Waals surface area contributed by atoms with Gasteiger partial charge < -0.3 is 11.1 Å². The Morgan fingerprint density at radius 3 is 2.80 bits per heavy atom. The summed E-state index contributed by atoms with van der Waals surface area (Å²) in [6.07, 6.45) is 1.03. The van der Waals surface area contributed by atoms with E-state index in [1.807, 2.05) is 19.1 Å². The van der Waals surface area contributed by atoms with Crippen molar-refractivity contribution in [1.29, 1.82) is 0 Å². The molecule has 0 aliphatic heterocycles. The second-order valence-corrected chi connectivity index (χ2v) is 5.90. The van der Waals surface area contributed by atoms with Crippen molar-refractivity contribution >= 4 is 17.2 Å². The normalized spacial score (nSPS) is 12.3. The quantitative estimate of drug-likeness (QED) is 0.858. The van der Waals surface area contributed by atoms with Gasteiger partial charge in [0.1, 0.15) is 0 Å². The van der Waals surface area contributed by atoms with E-state index in [1.165, 1.54) is 11.1 Å². The molecule has 0 saturated carbocycles. The number of amides is 1. The summed E-state index contributed by atoms with van der Waals surface area (Å²) in [5, 5.41) is 7.81. The van der Waals surface area contributed by atoms with Gasteiger partial charge in [0, 0.05) is 18.2 Å². The molecule has 2 rings (SSSR count). The molecular formula is C16H20N2OS. The van der Waals surface area contributed by atoms with Crippen molar-refractivity contribution in [3.05, 3.63) is 57.3 Å². The molecule has 3 nitrogen and oxygen atoms in total. The zero-order valence-electron chi connectivity index (χ0n) is 11.8. The van der Waals surface area contributed by atoms with Gasteiger partial charge in [0.05, 0.1) is 0 Å². The fourth-order valence-electron chi connectivity index (χ4n) is 2.17.